The summed E-state index contributed by atoms with van der Waals surface area (Å²) < 4.78 is 22.1. The quantitative estimate of drug-likeness (QED) is 0.619. The van der Waals surface area contributed by atoms with Gasteiger partial charge in [0.25, 0.3) is 5.78 Å². The van der Waals surface area contributed by atoms with Crippen molar-refractivity contribution in [2.45, 2.75) is 24.7 Å². The second-order valence-corrected chi connectivity index (χ2v) is 8.94. The first-order valence-electron chi connectivity index (χ1n) is 8.63. The van der Waals surface area contributed by atoms with Gasteiger partial charge in [-0.1, -0.05) is 12.1 Å². The van der Waals surface area contributed by atoms with E-state index in [0.29, 0.717) is 17.1 Å². The van der Waals surface area contributed by atoms with E-state index >= 15 is 0 Å². The lowest BCUT2D eigenvalue weighted by atomic mass is 10.0. The van der Waals surface area contributed by atoms with Crippen LogP contribution in [-0.2, 0) is 20.9 Å². The Balaban J connectivity index is 1.92. The number of anilines is 1. The normalized spacial score (nSPS) is 13.4. The first-order valence-corrected chi connectivity index (χ1v) is 10.4. The molecule has 0 fully saturated rings. The third-order valence-corrected chi connectivity index (χ3v) is 6.23. The minimum atomic E-state index is -3.12. The number of carboxylic acids is 1. The molecule has 3 rings (SSSR count). The second-order valence-electron chi connectivity index (χ2n) is 6.71. The molecule has 0 aliphatic heterocycles. The predicted octanol–water partition coefficient (Wildman–Crippen LogP) is 1.97. The smallest absolute Gasteiger partial charge is 0.304 e. The Morgan fingerprint density at radius 2 is 1.96 bits per heavy atom. The van der Waals surface area contributed by atoms with Crippen molar-refractivity contribution in [3.05, 3.63) is 47.4 Å². The molecular formula is C18H22N6O3S. The van der Waals surface area contributed by atoms with Gasteiger partial charge in [0.2, 0.25) is 0 Å². The SMILES string of the molecule is Cc1nc2ncnn2c(N(C)C)c1Cc1ccc([S@](=N)(=O)CCC(=O)O)cc1. The number of carboxylic acid groups (broad SMARTS) is 1. The van der Waals surface area contributed by atoms with Crippen molar-refractivity contribution in [1.29, 1.82) is 4.78 Å². The van der Waals surface area contributed by atoms with Crippen molar-refractivity contribution < 1.29 is 14.1 Å². The van der Waals surface area contributed by atoms with E-state index in [2.05, 4.69) is 15.1 Å². The summed E-state index contributed by atoms with van der Waals surface area (Å²) >= 11 is 0. The highest BCUT2D eigenvalue weighted by molar-refractivity contribution is 7.92. The Hall–Kier alpha value is -3.01. The molecule has 1 atom stereocenters. The zero-order valence-corrected chi connectivity index (χ0v) is 16.7. The van der Waals surface area contributed by atoms with E-state index in [-0.39, 0.29) is 12.2 Å². The summed E-state index contributed by atoms with van der Waals surface area (Å²) in [6, 6.07) is 6.90. The maximum absolute atomic E-state index is 12.4. The van der Waals surface area contributed by atoms with Gasteiger partial charge in [0, 0.05) is 42.4 Å². The van der Waals surface area contributed by atoms with E-state index in [1.165, 1.54) is 6.33 Å². The third-order valence-electron chi connectivity index (χ3n) is 4.42. The molecule has 1 aromatic carbocycles. The second kappa shape index (κ2) is 7.55. The van der Waals surface area contributed by atoms with Crippen LogP contribution in [0.4, 0.5) is 5.82 Å². The molecule has 0 saturated heterocycles. The number of aromatic nitrogens is 4. The fourth-order valence-electron chi connectivity index (χ4n) is 3.01. The largest absolute Gasteiger partial charge is 0.481 e. The number of aliphatic carboxylic acids is 1. The van der Waals surface area contributed by atoms with Gasteiger partial charge in [-0.25, -0.2) is 14.0 Å². The van der Waals surface area contributed by atoms with Crippen LogP contribution in [0.25, 0.3) is 5.78 Å². The Kier molecular flexibility index (Phi) is 5.32. The highest BCUT2D eigenvalue weighted by atomic mass is 32.2. The molecule has 9 nitrogen and oxygen atoms in total. The van der Waals surface area contributed by atoms with Gasteiger partial charge in [-0.05, 0) is 24.6 Å². The molecule has 10 heteroatoms. The Labute approximate surface area is 163 Å². The molecule has 3 aromatic rings. The number of rotatable bonds is 7. The van der Waals surface area contributed by atoms with Gasteiger partial charge in [0.05, 0.1) is 16.1 Å². The lowest BCUT2D eigenvalue weighted by Crippen LogP contribution is -2.18. The van der Waals surface area contributed by atoms with Crippen LogP contribution in [0.3, 0.4) is 0 Å². The molecule has 2 N–H and O–H groups in total. The van der Waals surface area contributed by atoms with E-state index in [1.807, 2.05) is 38.1 Å². The van der Waals surface area contributed by atoms with Crippen molar-refractivity contribution in [2.24, 2.45) is 0 Å². The fraction of sp³-hybridized carbons (Fsp3) is 0.333. The Morgan fingerprint density at radius 3 is 2.57 bits per heavy atom. The highest BCUT2D eigenvalue weighted by Crippen LogP contribution is 2.25. The third kappa shape index (κ3) is 3.96. The average Bonchev–Trinajstić information content (AvgIpc) is 3.08. The zero-order valence-electron chi connectivity index (χ0n) is 15.9. The van der Waals surface area contributed by atoms with Crippen molar-refractivity contribution in [1.82, 2.24) is 19.6 Å². The van der Waals surface area contributed by atoms with Crippen LogP contribution >= 0.6 is 0 Å². The molecular weight excluding hydrogens is 380 g/mol. The van der Waals surface area contributed by atoms with Crippen LogP contribution < -0.4 is 4.90 Å². The molecule has 2 aromatic heterocycles. The zero-order chi connectivity index (χ0) is 20.5. The van der Waals surface area contributed by atoms with E-state index in [9.17, 15) is 9.00 Å². The molecule has 2 heterocycles. The summed E-state index contributed by atoms with van der Waals surface area (Å²) in [5, 5.41) is 13.0. The Bertz CT molecular complexity index is 1120. The lowest BCUT2D eigenvalue weighted by Gasteiger charge is -2.20. The number of hydrogen-bond acceptors (Lipinski definition) is 7. The van der Waals surface area contributed by atoms with Gasteiger partial charge in [-0.2, -0.15) is 14.6 Å². The molecule has 0 unspecified atom stereocenters. The molecule has 0 bridgehead atoms. The summed E-state index contributed by atoms with van der Waals surface area (Å²) in [4.78, 5) is 21.7. The number of nitrogens with one attached hydrogen (secondary N) is 1. The lowest BCUT2D eigenvalue weighted by molar-refractivity contribution is -0.136. The standard InChI is InChI=1S/C18H22N6O3S/c1-12-15(17(23(2)3)24-18(22-12)20-11-21-24)10-13-4-6-14(7-5-13)28(19,27)9-8-16(25)26/h4-7,11,19H,8-10H2,1-3H3,(H,25,26)/t28-/m1/s1. The van der Waals surface area contributed by atoms with Gasteiger partial charge in [-0.3, -0.25) is 4.79 Å². The fourth-order valence-corrected chi connectivity index (χ4v) is 4.29. The van der Waals surface area contributed by atoms with Crippen molar-refractivity contribution >= 4 is 27.3 Å². The number of aryl methyl sites for hydroxylation is 1. The van der Waals surface area contributed by atoms with Gasteiger partial charge in [-0.15, -0.1) is 0 Å². The van der Waals surface area contributed by atoms with Crippen LogP contribution in [0.15, 0.2) is 35.5 Å². The van der Waals surface area contributed by atoms with E-state index in [1.54, 1.807) is 16.6 Å². The first-order chi connectivity index (χ1) is 13.2. The molecule has 0 spiro atoms. The first kappa shape index (κ1) is 19.7. The predicted molar refractivity (Wildman–Crippen MR) is 105 cm³/mol. The minimum Gasteiger partial charge on any atom is -0.481 e. The summed E-state index contributed by atoms with van der Waals surface area (Å²) in [6.07, 6.45) is 1.76. The van der Waals surface area contributed by atoms with Crippen LogP contribution in [-0.4, -0.2) is 54.7 Å². The van der Waals surface area contributed by atoms with Gasteiger partial charge < -0.3 is 10.0 Å². The van der Waals surface area contributed by atoms with Crippen molar-refractivity contribution in [3.8, 4) is 0 Å². The van der Waals surface area contributed by atoms with E-state index in [4.69, 9.17) is 9.89 Å². The summed E-state index contributed by atoms with van der Waals surface area (Å²) in [5.74, 6) is 0.167. The maximum Gasteiger partial charge on any atom is 0.304 e. The molecule has 0 aliphatic carbocycles. The molecule has 28 heavy (non-hydrogen) atoms. The minimum absolute atomic E-state index is 0.196. The van der Waals surface area contributed by atoms with E-state index in [0.717, 1.165) is 22.6 Å². The Morgan fingerprint density at radius 1 is 1.29 bits per heavy atom. The number of carbonyl (C=O) groups is 1. The maximum atomic E-state index is 12.4. The summed E-state index contributed by atoms with van der Waals surface area (Å²) in [6.45, 7) is 1.92. The molecule has 0 radical (unpaired) electrons. The summed E-state index contributed by atoms with van der Waals surface area (Å²) in [7, 11) is 0.742. The molecule has 148 valence electrons. The van der Waals surface area contributed by atoms with E-state index < -0.39 is 15.7 Å². The monoisotopic (exact) mass is 402 g/mol. The van der Waals surface area contributed by atoms with Crippen molar-refractivity contribution in [3.63, 3.8) is 0 Å². The van der Waals surface area contributed by atoms with Crippen molar-refractivity contribution in [2.75, 3.05) is 24.7 Å². The average molecular weight is 402 g/mol. The van der Waals surface area contributed by atoms with Crippen LogP contribution in [0, 0.1) is 11.7 Å². The molecule has 0 aliphatic rings. The van der Waals surface area contributed by atoms with Gasteiger partial charge in [0.15, 0.2) is 0 Å². The number of nitrogens with zero attached hydrogens (tertiary/aromatic N) is 5. The summed E-state index contributed by atoms with van der Waals surface area (Å²) in [5.41, 5.74) is 2.80. The molecule has 0 amide bonds. The number of hydrogen-bond donors (Lipinski definition) is 2. The number of fused-ring (bicyclic) bond motifs is 1. The molecule has 0 saturated carbocycles. The number of benzene rings is 1. The van der Waals surface area contributed by atoms with Crippen LogP contribution in [0.1, 0.15) is 23.2 Å². The van der Waals surface area contributed by atoms with Gasteiger partial charge >= 0.3 is 5.97 Å². The topological polar surface area (TPSA) is 125 Å². The van der Waals surface area contributed by atoms with Crippen LogP contribution in [0.2, 0.25) is 0 Å². The highest BCUT2D eigenvalue weighted by Gasteiger charge is 2.17. The van der Waals surface area contributed by atoms with Crippen LogP contribution in [0.5, 0.6) is 0 Å². The van der Waals surface area contributed by atoms with Gasteiger partial charge in [0.1, 0.15) is 12.1 Å².